The number of carbonyl (C=O) groups is 1. The lowest BCUT2D eigenvalue weighted by Crippen LogP contribution is -2.06. The third kappa shape index (κ3) is 5.25. The molecule has 0 bridgehead atoms. The molecule has 2 heteroatoms. The Hall–Kier alpha value is -1.70. The van der Waals surface area contributed by atoms with Crippen molar-refractivity contribution in [2.75, 3.05) is 6.54 Å². The second kappa shape index (κ2) is 8.67. The van der Waals surface area contributed by atoms with Crippen LogP contribution in [0.4, 0.5) is 0 Å². The van der Waals surface area contributed by atoms with Crippen LogP contribution in [-0.2, 0) is 11.2 Å². The first-order valence-electron chi connectivity index (χ1n) is 8.50. The van der Waals surface area contributed by atoms with Crippen LogP contribution in [0.2, 0.25) is 0 Å². The average molecular weight is 297 g/mol. The smallest absolute Gasteiger partial charge is 0.135 e. The van der Waals surface area contributed by atoms with Crippen LogP contribution in [0, 0.1) is 5.92 Å². The molecule has 0 saturated heterocycles. The molecule has 0 radical (unpaired) electrons. The van der Waals surface area contributed by atoms with E-state index in [1.807, 2.05) is 13.8 Å². The molecule has 1 aromatic carbocycles. The normalized spacial score (nSPS) is 14.2. The summed E-state index contributed by atoms with van der Waals surface area (Å²) in [5.41, 5.74) is 3.69. The van der Waals surface area contributed by atoms with Gasteiger partial charge in [-0.05, 0) is 42.9 Å². The monoisotopic (exact) mass is 297 g/mol. The molecule has 1 aromatic rings. The van der Waals surface area contributed by atoms with Gasteiger partial charge in [-0.2, -0.15) is 0 Å². The van der Waals surface area contributed by atoms with Crippen LogP contribution in [0.1, 0.15) is 57.1 Å². The molecule has 0 N–H and O–H groups in total. The Bertz CT molecular complexity index is 537. The van der Waals surface area contributed by atoms with Gasteiger partial charge in [0.25, 0.3) is 0 Å². The topological polar surface area (TPSA) is 29.4 Å². The quantitative estimate of drug-likeness (QED) is 0.636. The summed E-state index contributed by atoms with van der Waals surface area (Å²) in [4.78, 5) is 16.1. The van der Waals surface area contributed by atoms with Crippen molar-refractivity contribution in [1.29, 1.82) is 0 Å². The van der Waals surface area contributed by atoms with Crippen molar-refractivity contribution in [3.8, 4) is 0 Å². The van der Waals surface area contributed by atoms with Gasteiger partial charge in [-0.1, -0.05) is 50.6 Å². The van der Waals surface area contributed by atoms with Gasteiger partial charge < -0.3 is 0 Å². The highest BCUT2D eigenvalue weighted by Gasteiger charge is 2.06. The molecule has 0 saturated carbocycles. The minimum atomic E-state index is 0.185. The van der Waals surface area contributed by atoms with Gasteiger partial charge >= 0.3 is 0 Å². The Morgan fingerprint density at radius 1 is 1.14 bits per heavy atom. The largest absolute Gasteiger partial charge is 0.299 e. The van der Waals surface area contributed by atoms with E-state index < -0.39 is 0 Å². The summed E-state index contributed by atoms with van der Waals surface area (Å²) in [6, 6.07) is 8.76. The maximum atomic E-state index is 11.5. The standard InChI is InChI=1S/C20H27NO/c1-16(2)20(22)10-5-3-4-8-17-11-13-18(14-12-17)19-9-6-7-15-21-19/h6,9,11-14,16H,3-5,7-8,10,15H2,1-2H3. The number of allylic oxidation sites excluding steroid dienone is 1. The number of benzene rings is 1. The van der Waals surface area contributed by atoms with E-state index >= 15 is 0 Å². The Morgan fingerprint density at radius 2 is 1.91 bits per heavy atom. The van der Waals surface area contributed by atoms with Gasteiger partial charge in [0, 0.05) is 18.9 Å². The van der Waals surface area contributed by atoms with Crippen LogP contribution >= 0.6 is 0 Å². The van der Waals surface area contributed by atoms with Gasteiger partial charge in [0.2, 0.25) is 0 Å². The van der Waals surface area contributed by atoms with E-state index in [1.54, 1.807) is 0 Å². The molecule has 2 rings (SSSR count). The summed E-state index contributed by atoms with van der Waals surface area (Å²) in [5.74, 6) is 0.579. The maximum Gasteiger partial charge on any atom is 0.135 e. The third-order valence-electron chi connectivity index (χ3n) is 4.14. The molecule has 0 amide bonds. The number of carbonyl (C=O) groups excluding carboxylic acids is 1. The summed E-state index contributed by atoms with van der Waals surface area (Å²) in [7, 11) is 0. The molecular weight excluding hydrogens is 270 g/mol. The number of hydrogen-bond acceptors (Lipinski definition) is 2. The first-order chi connectivity index (χ1) is 10.7. The molecule has 0 aliphatic carbocycles. The number of aliphatic imine (C=N–C) groups is 1. The van der Waals surface area contributed by atoms with E-state index in [9.17, 15) is 4.79 Å². The minimum absolute atomic E-state index is 0.185. The molecule has 0 unspecified atom stereocenters. The van der Waals surface area contributed by atoms with Crippen molar-refractivity contribution in [3.63, 3.8) is 0 Å². The minimum Gasteiger partial charge on any atom is -0.299 e. The molecule has 2 nitrogen and oxygen atoms in total. The zero-order valence-electron chi connectivity index (χ0n) is 13.8. The molecule has 1 aliphatic heterocycles. The second-order valence-electron chi connectivity index (χ2n) is 6.34. The fraction of sp³-hybridized carbons (Fsp3) is 0.500. The molecule has 118 valence electrons. The van der Waals surface area contributed by atoms with Crippen LogP contribution in [0.15, 0.2) is 41.4 Å². The third-order valence-corrected chi connectivity index (χ3v) is 4.14. The SMILES string of the molecule is CC(C)C(=O)CCCCCc1ccc(C2=NCCC=C2)cc1. The number of unbranched alkanes of at least 4 members (excludes halogenated alkanes) is 2. The fourth-order valence-corrected chi connectivity index (χ4v) is 2.63. The van der Waals surface area contributed by atoms with Crippen LogP contribution in [0.3, 0.4) is 0 Å². The first kappa shape index (κ1) is 16.7. The Labute approximate surface area is 134 Å². The van der Waals surface area contributed by atoms with E-state index in [2.05, 4.69) is 41.4 Å². The number of dihydropyridines is 1. The zero-order valence-corrected chi connectivity index (χ0v) is 13.8. The van der Waals surface area contributed by atoms with Crippen LogP contribution in [0.25, 0.3) is 0 Å². The van der Waals surface area contributed by atoms with Gasteiger partial charge in [0.15, 0.2) is 0 Å². The second-order valence-corrected chi connectivity index (χ2v) is 6.34. The van der Waals surface area contributed by atoms with Gasteiger partial charge in [0.1, 0.15) is 5.78 Å². The molecule has 1 heterocycles. The predicted octanol–water partition coefficient (Wildman–Crippen LogP) is 4.76. The van der Waals surface area contributed by atoms with E-state index in [0.29, 0.717) is 5.78 Å². The summed E-state index contributed by atoms with van der Waals surface area (Å²) >= 11 is 0. The van der Waals surface area contributed by atoms with E-state index in [0.717, 1.165) is 50.8 Å². The fourth-order valence-electron chi connectivity index (χ4n) is 2.63. The van der Waals surface area contributed by atoms with Crippen molar-refractivity contribution >= 4 is 11.5 Å². The lowest BCUT2D eigenvalue weighted by atomic mass is 10.00. The molecule has 0 aromatic heterocycles. The van der Waals surface area contributed by atoms with E-state index in [-0.39, 0.29) is 5.92 Å². The van der Waals surface area contributed by atoms with Crippen molar-refractivity contribution in [1.82, 2.24) is 0 Å². The Kier molecular flexibility index (Phi) is 6.57. The lowest BCUT2D eigenvalue weighted by molar-refractivity contribution is -0.122. The molecular formula is C20H27NO. The van der Waals surface area contributed by atoms with Crippen molar-refractivity contribution in [2.45, 2.75) is 52.4 Å². The van der Waals surface area contributed by atoms with Gasteiger partial charge in [0.05, 0.1) is 5.71 Å². The average Bonchev–Trinajstić information content (AvgIpc) is 2.55. The van der Waals surface area contributed by atoms with Crippen LogP contribution in [0.5, 0.6) is 0 Å². The summed E-state index contributed by atoms with van der Waals surface area (Å²) in [6.07, 6.45) is 10.5. The highest BCUT2D eigenvalue weighted by molar-refractivity contribution is 6.09. The van der Waals surface area contributed by atoms with Gasteiger partial charge in [-0.15, -0.1) is 0 Å². The van der Waals surface area contributed by atoms with Crippen LogP contribution in [-0.4, -0.2) is 18.0 Å². The van der Waals surface area contributed by atoms with Crippen LogP contribution < -0.4 is 0 Å². The molecule has 0 spiro atoms. The number of rotatable bonds is 8. The van der Waals surface area contributed by atoms with Gasteiger partial charge in [-0.25, -0.2) is 0 Å². The Morgan fingerprint density at radius 3 is 2.55 bits per heavy atom. The maximum absolute atomic E-state index is 11.5. The van der Waals surface area contributed by atoms with E-state index in [4.69, 9.17) is 0 Å². The van der Waals surface area contributed by atoms with Crippen molar-refractivity contribution in [3.05, 3.63) is 47.5 Å². The summed E-state index contributed by atoms with van der Waals surface area (Å²) in [5, 5.41) is 0. The predicted molar refractivity (Wildman–Crippen MR) is 93.6 cm³/mol. The number of Topliss-reactive ketones (excluding diaryl/α,β-unsaturated/α-hetero) is 1. The molecule has 0 atom stereocenters. The molecule has 0 fully saturated rings. The van der Waals surface area contributed by atoms with E-state index in [1.165, 1.54) is 11.1 Å². The number of nitrogens with zero attached hydrogens (tertiary/aromatic N) is 1. The van der Waals surface area contributed by atoms with Gasteiger partial charge in [-0.3, -0.25) is 9.79 Å². The Balaban J connectivity index is 1.72. The highest BCUT2D eigenvalue weighted by atomic mass is 16.1. The lowest BCUT2D eigenvalue weighted by Gasteiger charge is -2.08. The molecule has 22 heavy (non-hydrogen) atoms. The number of ketones is 1. The molecule has 1 aliphatic rings. The zero-order chi connectivity index (χ0) is 15.8. The highest BCUT2D eigenvalue weighted by Crippen LogP contribution is 2.13. The summed E-state index contributed by atoms with van der Waals surface area (Å²) < 4.78 is 0. The summed E-state index contributed by atoms with van der Waals surface area (Å²) in [6.45, 7) is 4.87. The number of aryl methyl sites for hydroxylation is 1. The number of hydrogen-bond donors (Lipinski definition) is 0. The van der Waals surface area contributed by atoms with Crippen molar-refractivity contribution < 1.29 is 4.79 Å². The first-order valence-corrected chi connectivity index (χ1v) is 8.50. The van der Waals surface area contributed by atoms with Crippen molar-refractivity contribution in [2.24, 2.45) is 10.9 Å².